The summed E-state index contributed by atoms with van der Waals surface area (Å²) in [5.74, 6) is -0.286. The maximum atomic E-state index is 12.2. The highest BCUT2D eigenvalue weighted by Gasteiger charge is 2.10. The Labute approximate surface area is 205 Å². The van der Waals surface area contributed by atoms with Gasteiger partial charge in [-0.3, -0.25) is 9.59 Å². The maximum Gasteiger partial charge on any atom is 0.249 e. The number of anilines is 1. The number of amides is 2. The Balaban J connectivity index is 1.44. The molecular formula is C27H22BrN3O3. The Morgan fingerprint density at radius 2 is 1.59 bits per heavy atom. The van der Waals surface area contributed by atoms with E-state index in [0.717, 1.165) is 26.4 Å². The molecule has 34 heavy (non-hydrogen) atoms. The Kier molecular flexibility index (Phi) is 7.67. The van der Waals surface area contributed by atoms with Gasteiger partial charge in [0.2, 0.25) is 11.8 Å². The van der Waals surface area contributed by atoms with E-state index in [4.69, 9.17) is 4.74 Å². The second-order valence-corrected chi connectivity index (χ2v) is 8.41. The van der Waals surface area contributed by atoms with Crippen LogP contribution in [0.3, 0.4) is 0 Å². The fraction of sp³-hybridized carbons (Fsp3) is 0.0741. The number of nitrogens with one attached hydrogen (secondary N) is 2. The first-order valence-corrected chi connectivity index (χ1v) is 11.4. The first kappa shape index (κ1) is 23.2. The Morgan fingerprint density at radius 1 is 0.853 bits per heavy atom. The molecule has 6 nitrogen and oxygen atoms in total. The SMILES string of the molecule is O=C(CC(=O)Nc1ccccc1)NN=Cc1c(OCc2ccc(Br)cc2)ccc2ccccc12. The molecule has 0 unspecified atom stereocenters. The molecule has 4 aromatic carbocycles. The van der Waals surface area contributed by atoms with Crippen molar-refractivity contribution in [3.8, 4) is 5.75 Å². The molecule has 4 aromatic rings. The summed E-state index contributed by atoms with van der Waals surface area (Å²) in [4.78, 5) is 24.3. The van der Waals surface area contributed by atoms with Gasteiger partial charge in [0.05, 0.1) is 6.21 Å². The summed E-state index contributed by atoms with van der Waals surface area (Å²) in [6.07, 6.45) is 1.21. The van der Waals surface area contributed by atoms with E-state index in [9.17, 15) is 9.59 Å². The van der Waals surface area contributed by atoms with Crippen molar-refractivity contribution in [2.75, 3.05) is 5.32 Å². The minimum absolute atomic E-state index is 0.339. The number of ether oxygens (including phenoxy) is 1. The van der Waals surface area contributed by atoms with Crippen LogP contribution in [0.25, 0.3) is 10.8 Å². The van der Waals surface area contributed by atoms with Crippen LogP contribution in [0.5, 0.6) is 5.75 Å². The number of para-hydroxylation sites is 1. The molecule has 0 aliphatic carbocycles. The summed E-state index contributed by atoms with van der Waals surface area (Å²) < 4.78 is 7.08. The van der Waals surface area contributed by atoms with Gasteiger partial charge in [0.1, 0.15) is 18.8 Å². The van der Waals surface area contributed by atoms with Crippen LogP contribution in [0, 0.1) is 0 Å². The molecule has 0 aliphatic heterocycles. The molecule has 0 saturated heterocycles. The highest BCUT2D eigenvalue weighted by molar-refractivity contribution is 9.10. The maximum absolute atomic E-state index is 12.2. The second-order valence-electron chi connectivity index (χ2n) is 7.50. The third kappa shape index (κ3) is 6.30. The highest BCUT2D eigenvalue weighted by Crippen LogP contribution is 2.27. The van der Waals surface area contributed by atoms with Crippen LogP contribution in [0.15, 0.2) is 101 Å². The summed E-state index contributed by atoms with van der Waals surface area (Å²) >= 11 is 3.43. The molecule has 0 fully saturated rings. The van der Waals surface area contributed by atoms with E-state index in [1.54, 1.807) is 30.5 Å². The van der Waals surface area contributed by atoms with Gasteiger partial charge in [-0.1, -0.05) is 76.6 Å². The van der Waals surface area contributed by atoms with Gasteiger partial charge in [-0.2, -0.15) is 5.10 Å². The number of carbonyl (C=O) groups excluding carboxylic acids is 2. The standard InChI is InChI=1S/C27H22BrN3O3/c28-21-13-10-19(11-14-21)18-34-25-15-12-20-6-4-5-9-23(20)24(25)17-29-31-27(33)16-26(32)30-22-7-2-1-3-8-22/h1-15,17H,16,18H2,(H,30,32)(H,31,33). The van der Waals surface area contributed by atoms with Gasteiger partial charge >= 0.3 is 0 Å². The van der Waals surface area contributed by atoms with Crippen molar-refractivity contribution in [3.05, 3.63) is 107 Å². The van der Waals surface area contributed by atoms with E-state index < -0.39 is 11.8 Å². The number of halogens is 1. The molecule has 0 radical (unpaired) electrons. The molecule has 2 amide bonds. The Morgan fingerprint density at radius 3 is 2.38 bits per heavy atom. The number of carbonyl (C=O) groups is 2. The lowest BCUT2D eigenvalue weighted by Crippen LogP contribution is -2.24. The Hall–Kier alpha value is -3.97. The van der Waals surface area contributed by atoms with E-state index in [-0.39, 0.29) is 6.42 Å². The van der Waals surface area contributed by atoms with Gasteiger partial charge in [-0.25, -0.2) is 5.43 Å². The van der Waals surface area contributed by atoms with Crippen molar-refractivity contribution in [1.82, 2.24) is 5.43 Å². The first-order chi connectivity index (χ1) is 16.6. The quantitative estimate of drug-likeness (QED) is 0.180. The smallest absolute Gasteiger partial charge is 0.249 e. The van der Waals surface area contributed by atoms with Gasteiger partial charge < -0.3 is 10.1 Å². The molecule has 0 bridgehead atoms. The Bertz CT molecular complexity index is 1320. The lowest BCUT2D eigenvalue weighted by atomic mass is 10.0. The molecular weight excluding hydrogens is 494 g/mol. The van der Waals surface area contributed by atoms with Crippen molar-refractivity contribution in [2.24, 2.45) is 5.10 Å². The lowest BCUT2D eigenvalue weighted by Gasteiger charge is -2.12. The molecule has 2 N–H and O–H groups in total. The van der Waals surface area contributed by atoms with E-state index >= 15 is 0 Å². The third-order valence-corrected chi connectivity index (χ3v) is 5.53. The zero-order chi connectivity index (χ0) is 23.8. The van der Waals surface area contributed by atoms with E-state index in [1.807, 2.05) is 66.7 Å². The number of fused-ring (bicyclic) bond motifs is 1. The molecule has 0 spiro atoms. The normalized spacial score (nSPS) is 10.9. The average molecular weight is 516 g/mol. The summed E-state index contributed by atoms with van der Waals surface area (Å²) in [5, 5.41) is 8.73. The van der Waals surface area contributed by atoms with Crippen LogP contribution >= 0.6 is 15.9 Å². The van der Waals surface area contributed by atoms with Gasteiger partial charge in [0, 0.05) is 15.7 Å². The number of nitrogens with zero attached hydrogens (tertiary/aromatic N) is 1. The molecule has 4 rings (SSSR count). The molecule has 0 heterocycles. The van der Waals surface area contributed by atoms with Crippen LogP contribution in [-0.2, 0) is 16.2 Å². The van der Waals surface area contributed by atoms with E-state index in [0.29, 0.717) is 18.0 Å². The number of hydrogen-bond acceptors (Lipinski definition) is 4. The molecule has 0 saturated carbocycles. The third-order valence-electron chi connectivity index (χ3n) is 5.00. The van der Waals surface area contributed by atoms with Crippen molar-refractivity contribution in [2.45, 2.75) is 13.0 Å². The van der Waals surface area contributed by atoms with Crippen LogP contribution in [0.1, 0.15) is 17.5 Å². The average Bonchev–Trinajstić information content (AvgIpc) is 2.85. The van der Waals surface area contributed by atoms with E-state index in [2.05, 4.69) is 31.8 Å². The van der Waals surface area contributed by atoms with Crippen molar-refractivity contribution in [1.29, 1.82) is 0 Å². The van der Waals surface area contributed by atoms with Crippen LogP contribution < -0.4 is 15.5 Å². The monoisotopic (exact) mass is 515 g/mol. The van der Waals surface area contributed by atoms with Crippen molar-refractivity contribution < 1.29 is 14.3 Å². The number of hydrazone groups is 1. The number of hydrogen-bond donors (Lipinski definition) is 2. The first-order valence-electron chi connectivity index (χ1n) is 10.6. The van der Waals surface area contributed by atoms with Gasteiger partial charge in [-0.15, -0.1) is 0 Å². The molecule has 0 aromatic heterocycles. The van der Waals surface area contributed by atoms with Crippen molar-refractivity contribution >= 4 is 50.4 Å². The fourth-order valence-corrected chi connectivity index (χ4v) is 3.62. The van der Waals surface area contributed by atoms with Crippen LogP contribution in [-0.4, -0.2) is 18.0 Å². The predicted molar refractivity (Wildman–Crippen MR) is 138 cm³/mol. The topological polar surface area (TPSA) is 79.8 Å². The van der Waals surface area contributed by atoms with Gasteiger partial charge in [0.15, 0.2) is 0 Å². The lowest BCUT2D eigenvalue weighted by molar-refractivity contribution is -0.126. The molecule has 0 atom stereocenters. The zero-order valence-electron chi connectivity index (χ0n) is 18.2. The summed E-state index contributed by atoms with van der Waals surface area (Å²) in [6, 6.07) is 28.6. The van der Waals surface area contributed by atoms with Crippen LogP contribution in [0.4, 0.5) is 5.69 Å². The molecule has 7 heteroatoms. The zero-order valence-corrected chi connectivity index (χ0v) is 19.8. The fourth-order valence-electron chi connectivity index (χ4n) is 3.36. The van der Waals surface area contributed by atoms with Gasteiger partial charge in [-0.05, 0) is 46.7 Å². The van der Waals surface area contributed by atoms with E-state index in [1.165, 1.54) is 0 Å². The molecule has 170 valence electrons. The molecule has 0 aliphatic rings. The summed E-state index contributed by atoms with van der Waals surface area (Å²) in [6.45, 7) is 0.387. The summed E-state index contributed by atoms with van der Waals surface area (Å²) in [5.41, 5.74) is 4.83. The minimum Gasteiger partial charge on any atom is -0.488 e. The van der Waals surface area contributed by atoms with Crippen molar-refractivity contribution in [3.63, 3.8) is 0 Å². The summed E-state index contributed by atoms with van der Waals surface area (Å²) in [7, 11) is 0. The minimum atomic E-state index is -0.512. The second kappa shape index (κ2) is 11.2. The highest BCUT2D eigenvalue weighted by atomic mass is 79.9. The van der Waals surface area contributed by atoms with Gasteiger partial charge in [0.25, 0.3) is 0 Å². The van der Waals surface area contributed by atoms with Crippen LogP contribution in [0.2, 0.25) is 0 Å². The number of rotatable bonds is 8. The largest absolute Gasteiger partial charge is 0.488 e. The number of benzene rings is 4. The predicted octanol–water partition coefficient (Wildman–Crippen LogP) is 5.66.